The van der Waals surface area contributed by atoms with Gasteiger partial charge in [-0.05, 0) is 36.4 Å². The molecule has 3 aromatic rings. The van der Waals surface area contributed by atoms with Crippen molar-refractivity contribution >= 4 is 40.7 Å². The van der Waals surface area contributed by atoms with E-state index in [4.69, 9.17) is 16.9 Å². The number of fused-ring (bicyclic) bond motifs is 1. The number of benzene rings is 1. The quantitative estimate of drug-likeness (QED) is 0.474. The molecule has 33 heavy (non-hydrogen) atoms. The van der Waals surface area contributed by atoms with Gasteiger partial charge in [0, 0.05) is 35.0 Å². The molecule has 0 radical (unpaired) electrons. The lowest BCUT2D eigenvalue weighted by Gasteiger charge is -2.21. The average molecular weight is 473 g/mol. The number of pyridine rings is 1. The van der Waals surface area contributed by atoms with Crippen molar-refractivity contribution in [1.82, 2.24) is 25.2 Å². The molecule has 0 saturated carbocycles. The molecule has 1 aliphatic heterocycles. The number of nitriles is 1. The van der Waals surface area contributed by atoms with Crippen LogP contribution in [0.4, 0.5) is 8.78 Å². The molecule has 3 N–H and O–H groups in total. The number of carbonyl (C=O) groups is 1. The normalized spacial score (nSPS) is 18.6. The van der Waals surface area contributed by atoms with Crippen LogP contribution in [-0.4, -0.2) is 55.9 Å². The van der Waals surface area contributed by atoms with Crippen molar-refractivity contribution < 1.29 is 18.7 Å². The molecule has 1 fully saturated rings. The summed E-state index contributed by atoms with van der Waals surface area (Å²) in [4.78, 5) is 24.8. The lowest BCUT2D eigenvalue weighted by Crippen LogP contribution is -2.42. The summed E-state index contributed by atoms with van der Waals surface area (Å²) in [5, 5.41) is 22.8. The van der Waals surface area contributed by atoms with E-state index in [1.54, 1.807) is 36.4 Å². The van der Waals surface area contributed by atoms with Gasteiger partial charge in [0.05, 0.1) is 30.2 Å². The van der Waals surface area contributed by atoms with Gasteiger partial charge in [-0.2, -0.15) is 5.26 Å². The molecule has 11 heteroatoms. The van der Waals surface area contributed by atoms with E-state index in [1.807, 2.05) is 6.07 Å². The van der Waals surface area contributed by atoms with Crippen molar-refractivity contribution in [3.8, 4) is 6.07 Å². The second kappa shape index (κ2) is 9.23. The first-order chi connectivity index (χ1) is 15.8. The number of amides is 1. The van der Waals surface area contributed by atoms with Crippen LogP contribution in [0.1, 0.15) is 29.6 Å². The molecule has 4 rings (SSSR count). The van der Waals surface area contributed by atoms with Crippen molar-refractivity contribution in [2.24, 2.45) is 0 Å². The van der Waals surface area contributed by atoms with Gasteiger partial charge in [0.25, 0.3) is 5.92 Å². The number of imidazole rings is 1. The van der Waals surface area contributed by atoms with E-state index in [9.17, 15) is 18.7 Å². The number of aromatic amines is 1. The topological polar surface area (TPSA) is 118 Å². The minimum absolute atomic E-state index is 0.411. The minimum Gasteiger partial charge on any atom is -0.374 e. The predicted molar refractivity (Wildman–Crippen MR) is 118 cm³/mol. The smallest absolute Gasteiger partial charge is 0.268 e. The lowest BCUT2D eigenvalue weighted by molar-refractivity contribution is -0.132. The number of aromatic nitrogens is 3. The maximum Gasteiger partial charge on any atom is 0.268 e. The summed E-state index contributed by atoms with van der Waals surface area (Å²) in [5.41, 5.74) is 2.51. The van der Waals surface area contributed by atoms with Gasteiger partial charge in [0.15, 0.2) is 0 Å². The van der Waals surface area contributed by atoms with Gasteiger partial charge >= 0.3 is 0 Å². The van der Waals surface area contributed by atoms with Gasteiger partial charge in [0.1, 0.15) is 18.1 Å². The Bertz CT molecular complexity index is 1260. The van der Waals surface area contributed by atoms with Crippen LogP contribution in [0.2, 0.25) is 5.02 Å². The maximum atomic E-state index is 13.6. The molecule has 1 amide bonds. The Labute approximate surface area is 192 Å². The summed E-state index contributed by atoms with van der Waals surface area (Å²) in [6.45, 7) is -1.22. The van der Waals surface area contributed by atoms with Crippen LogP contribution >= 0.6 is 11.6 Å². The zero-order valence-electron chi connectivity index (χ0n) is 17.2. The number of nitrogens with zero attached hydrogens (tertiary/aromatic N) is 4. The highest BCUT2D eigenvalue weighted by Gasteiger charge is 2.47. The molecule has 8 nitrogen and oxygen atoms in total. The van der Waals surface area contributed by atoms with Crippen molar-refractivity contribution in [3.05, 3.63) is 58.6 Å². The van der Waals surface area contributed by atoms with Crippen LogP contribution in [-0.2, 0) is 4.79 Å². The van der Waals surface area contributed by atoms with Gasteiger partial charge in [-0.15, -0.1) is 0 Å². The highest BCUT2D eigenvalue weighted by Crippen LogP contribution is 2.31. The fourth-order valence-electron chi connectivity index (χ4n) is 3.64. The fraction of sp³-hybridized carbons (Fsp3) is 0.273. The van der Waals surface area contributed by atoms with E-state index < -0.39 is 43.6 Å². The van der Waals surface area contributed by atoms with Crippen LogP contribution in [0, 0.1) is 11.3 Å². The third-order valence-corrected chi connectivity index (χ3v) is 5.49. The number of H-pyrrole nitrogens is 1. The third-order valence-electron chi connectivity index (χ3n) is 5.25. The van der Waals surface area contributed by atoms with E-state index in [1.165, 1.54) is 12.4 Å². The van der Waals surface area contributed by atoms with Crippen LogP contribution < -0.4 is 5.32 Å². The fourth-order valence-corrected chi connectivity index (χ4v) is 3.81. The predicted octanol–water partition coefficient (Wildman–Crippen LogP) is 3.12. The van der Waals surface area contributed by atoms with Crippen LogP contribution in [0.5, 0.6) is 0 Å². The molecule has 1 saturated heterocycles. The van der Waals surface area contributed by atoms with Crippen molar-refractivity contribution in [3.63, 3.8) is 0 Å². The van der Waals surface area contributed by atoms with Gasteiger partial charge in [0.2, 0.25) is 5.91 Å². The molecular formula is C22H19ClF2N6O2. The van der Waals surface area contributed by atoms with Gasteiger partial charge in [-0.3, -0.25) is 15.1 Å². The number of hydrogen-bond donors (Lipinski definition) is 3. The Hall–Kier alpha value is -3.39. The number of alkyl halides is 2. The monoisotopic (exact) mass is 472 g/mol. The number of carbonyl (C=O) groups excluding carboxylic acids is 1. The number of aliphatic hydroxyl groups excluding tert-OH is 1. The van der Waals surface area contributed by atoms with E-state index >= 15 is 0 Å². The number of nitrogens with one attached hydrogen (secondary N) is 2. The molecule has 1 aliphatic rings. The summed E-state index contributed by atoms with van der Waals surface area (Å²) in [6.07, 6.45) is 4.46. The first-order valence-electron chi connectivity index (χ1n) is 10.0. The van der Waals surface area contributed by atoms with E-state index in [2.05, 4.69) is 20.3 Å². The molecule has 170 valence electrons. The van der Waals surface area contributed by atoms with E-state index in [-0.39, 0.29) is 0 Å². The number of rotatable bonds is 6. The highest BCUT2D eigenvalue weighted by molar-refractivity contribution is 6.31. The SMILES string of the molecule is N#C[C@@H]1CC(F)(F)CN1C(=O)CNC(O)c1ccncc1/C=C/c1nc2cc(Cl)ccc2[nH]1. The largest absolute Gasteiger partial charge is 0.374 e. The first kappa shape index (κ1) is 22.8. The number of hydrogen-bond acceptors (Lipinski definition) is 6. The maximum absolute atomic E-state index is 13.6. The summed E-state index contributed by atoms with van der Waals surface area (Å²) >= 11 is 5.99. The standard InChI is InChI=1S/C22H19ClF2N6O2/c23-14-2-3-17-18(7-14)30-19(29-17)4-1-13-10-27-6-5-16(13)21(33)28-11-20(32)31-12-22(24,25)8-15(31)9-26/h1-7,10,15,21,28,33H,8,11-12H2,(H,29,30)/b4-1+/t15-,21?/m0/s1. The summed E-state index contributed by atoms with van der Waals surface area (Å²) in [6, 6.07) is 7.41. The Morgan fingerprint density at radius 2 is 2.27 bits per heavy atom. The number of likely N-dealkylation sites (tertiary alicyclic amines) is 1. The minimum atomic E-state index is -3.10. The zero-order chi connectivity index (χ0) is 23.6. The van der Waals surface area contributed by atoms with Crippen molar-refractivity contribution in [2.45, 2.75) is 24.6 Å². The number of aliphatic hydroxyl groups is 1. The number of halogens is 3. The Kier molecular flexibility index (Phi) is 6.37. The lowest BCUT2D eigenvalue weighted by atomic mass is 10.1. The summed E-state index contributed by atoms with van der Waals surface area (Å²) in [5.74, 6) is -3.22. The van der Waals surface area contributed by atoms with Gasteiger partial charge in [-0.1, -0.05) is 11.6 Å². The van der Waals surface area contributed by atoms with Crippen LogP contribution in [0.15, 0.2) is 36.7 Å². The molecular weight excluding hydrogens is 454 g/mol. The molecule has 3 heterocycles. The molecule has 2 atom stereocenters. The summed E-state index contributed by atoms with van der Waals surface area (Å²) < 4.78 is 27.2. The van der Waals surface area contributed by atoms with Crippen LogP contribution in [0.25, 0.3) is 23.2 Å². The second-order valence-corrected chi connectivity index (χ2v) is 8.07. The second-order valence-electron chi connectivity index (χ2n) is 7.63. The third kappa shape index (κ3) is 5.17. The first-order valence-corrected chi connectivity index (χ1v) is 10.4. The molecule has 1 aromatic carbocycles. The molecule has 0 bridgehead atoms. The van der Waals surface area contributed by atoms with E-state index in [0.29, 0.717) is 27.5 Å². The molecule has 1 unspecified atom stereocenters. The molecule has 0 aliphatic carbocycles. The Morgan fingerprint density at radius 3 is 3.06 bits per heavy atom. The Morgan fingerprint density at radius 1 is 1.45 bits per heavy atom. The Balaban J connectivity index is 1.44. The molecule has 0 spiro atoms. The highest BCUT2D eigenvalue weighted by atomic mass is 35.5. The van der Waals surface area contributed by atoms with Crippen LogP contribution in [0.3, 0.4) is 0 Å². The zero-order valence-corrected chi connectivity index (χ0v) is 17.9. The average Bonchev–Trinajstić information content (AvgIpc) is 3.34. The van der Waals surface area contributed by atoms with Crippen molar-refractivity contribution in [2.75, 3.05) is 13.1 Å². The molecule has 2 aromatic heterocycles. The van der Waals surface area contributed by atoms with Gasteiger partial charge in [-0.25, -0.2) is 13.8 Å². The summed E-state index contributed by atoms with van der Waals surface area (Å²) in [7, 11) is 0. The van der Waals surface area contributed by atoms with Crippen molar-refractivity contribution in [1.29, 1.82) is 5.26 Å². The van der Waals surface area contributed by atoms with Gasteiger partial charge < -0.3 is 15.0 Å². The van der Waals surface area contributed by atoms with E-state index in [0.717, 1.165) is 10.4 Å².